The fraction of sp³-hybridized carbons (Fsp3) is 0.143. The van der Waals surface area contributed by atoms with E-state index in [1.54, 1.807) is 25.3 Å². The van der Waals surface area contributed by atoms with E-state index in [-0.39, 0.29) is 0 Å². The summed E-state index contributed by atoms with van der Waals surface area (Å²) >= 11 is 0. The molecule has 0 aromatic heterocycles. The highest BCUT2D eigenvalue weighted by atomic mass is 32.2. The molecule has 2 aromatic rings. The van der Waals surface area contributed by atoms with Crippen LogP contribution in [0.5, 0.6) is 5.75 Å². The minimum Gasteiger partial charge on any atom is -0.497 e. The molecule has 0 unspecified atom stereocenters. The summed E-state index contributed by atoms with van der Waals surface area (Å²) < 4.78 is 28.0. The van der Waals surface area contributed by atoms with E-state index in [0.29, 0.717) is 4.90 Å². The van der Waals surface area contributed by atoms with E-state index < -0.39 is 9.84 Å². The molecule has 2 aromatic carbocycles. The predicted octanol–water partition coefficient (Wildman–Crippen LogP) is 2.57. The molecule has 0 aliphatic heterocycles. The molecule has 0 bridgehead atoms. The second kappa shape index (κ2) is 4.82. The summed E-state index contributed by atoms with van der Waals surface area (Å²) in [4.78, 5) is 0.298. The molecule has 0 spiro atoms. The van der Waals surface area contributed by atoms with Crippen molar-refractivity contribution in [3.8, 4) is 16.9 Å². The van der Waals surface area contributed by atoms with Gasteiger partial charge in [-0.3, -0.25) is 0 Å². The Bertz CT molecular complexity index is 643. The number of methoxy groups -OCH3 is 1. The van der Waals surface area contributed by atoms with E-state index in [9.17, 15) is 8.42 Å². The van der Waals surface area contributed by atoms with Gasteiger partial charge in [-0.05, 0) is 41.5 Å². The quantitative estimate of drug-likeness (QED) is 0.853. The van der Waals surface area contributed by atoms with Gasteiger partial charge in [0.1, 0.15) is 5.75 Å². The van der Waals surface area contributed by atoms with Crippen LogP contribution < -0.4 is 4.74 Å². The maximum absolute atomic E-state index is 11.5. The van der Waals surface area contributed by atoms with E-state index in [4.69, 9.17) is 4.74 Å². The molecule has 1 radical (unpaired) electrons. The average Bonchev–Trinajstić information content (AvgIpc) is 2.38. The Morgan fingerprint density at radius 3 is 2.33 bits per heavy atom. The summed E-state index contributed by atoms with van der Waals surface area (Å²) in [5.74, 6) is 0.762. The van der Waals surface area contributed by atoms with Gasteiger partial charge >= 0.3 is 0 Å². The van der Waals surface area contributed by atoms with Crippen molar-refractivity contribution in [1.82, 2.24) is 0 Å². The average molecular weight is 261 g/mol. The molecule has 0 saturated heterocycles. The second-order valence-electron chi connectivity index (χ2n) is 3.94. The largest absolute Gasteiger partial charge is 0.497 e. The van der Waals surface area contributed by atoms with Crippen molar-refractivity contribution in [2.24, 2.45) is 0 Å². The lowest BCUT2D eigenvalue weighted by atomic mass is 10.1. The zero-order chi connectivity index (χ0) is 13.2. The third-order valence-corrected chi connectivity index (χ3v) is 3.71. The molecule has 0 aliphatic rings. The number of sulfone groups is 1. The van der Waals surface area contributed by atoms with E-state index in [2.05, 4.69) is 6.07 Å². The number of hydrogen-bond acceptors (Lipinski definition) is 3. The first-order valence-corrected chi connectivity index (χ1v) is 7.26. The van der Waals surface area contributed by atoms with Gasteiger partial charge in [0.2, 0.25) is 0 Å². The van der Waals surface area contributed by atoms with Crippen LogP contribution in [0.3, 0.4) is 0 Å². The lowest BCUT2D eigenvalue weighted by molar-refractivity contribution is 0.415. The maximum atomic E-state index is 11.5. The zero-order valence-corrected chi connectivity index (χ0v) is 11.0. The predicted molar refractivity (Wildman–Crippen MR) is 70.4 cm³/mol. The molecular weight excluding hydrogens is 248 g/mol. The molecule has 0 saturated carbocycles. The van der Waals surface area contributed by atoms with Gasteiger partial charge < -0.3 is 4.74 Å². The van der Waals surface area contributed by atoms with Crippen molar-refractivity contribution in [1.29, 1.82) is 0 Å². The van der Waals surface area contributed by atoms with Crippen LogP contribution in [0.2, 0.25) is 0 Å². The second-order valence-corrected chi connectivity index (χ2v) is 5.95. The summed E-state index contributed by atoms with van der Waals surface area (Å²) in [6.07, 6.45) is 1.19. The van der Waals surface area contributed by atoms with Crippen LogP contribution in [0.25, 0.3) is 11.1 Å². The van der Waals surface area contributed by atoms with Crippen molar-refractivity contribution in [2.75, 3.05) is 13.4 Å². The molecule has 3 nitrogen and oxygen atoms in total. The van der Waals surface area contributed by atoms with Crippen molar-refractivity contribution in [2.45, 2.75) is 4.90 Å². The molecular formula is C14H13O3S. The van der Waals surface area contributed by atoms with Gasteiger partial charge in [-0.15, -0.1) is 0 Å². The molecule has 93 valence electrons. The first kappa shape index (κ1) is 12.6. The van der Waals surface area contributed by atoms with Gasteiger partial charge in [-0.25, -0.2) is 8.42 Å². The molecule has 0 amide bonds. The van der Waals surface area contributed by atoms with Crippen molar-refractivity contribution >= 4 is 9.84 Å². The van der Waals surface area contributed by atoms with Crippen LogP contribution in [0.4, 0.5) is 0 Å². The Kier molecular flexibility index (Phi) is 3.39. The van der Waals surface area contributed by atoms with Gasteiger partial charge in [0.15, 0.2) is 9.84 Å². The lowest BCUT2D eigenvalue weighted by Crippen LogP contribution is -1.96. The third kappa shape index (κ3) is 2.71. The molecule has 0 atom stereocenters. The summed E-state index contributed by atoms with van der Waals surface area (Å²) in [5.41, 5.74) is 1.65. The zero-order valence-electron chi connectivity index (χ0n) is 10.2. The SMILES string of the molecule is COc1ccc(-c2[c]ccc(S(C)(=O)=O)c2)cc1. The molecule has 18 heavy (non-hydrogen) atoms. The Balaban J connectivity index is 2.44. The minimum atomic E-state index is -3.19. The van der Waals surface area contributed by atoms with Crippen molar-refractivity contribution < 1.29 is 13.2 Å². The van der Waals surface area contributed by atoms with Crippen LogP contribution in [0.15, 0.2) is 47.4 Å². The molecule has 4 heteroatoms. The van der Waals surface area contributed by atoms with Gasteiger partial charge in [-0.2, -0.15) is 0 Å². The van der Waals surface area contributed by atoms with Crippen molar-refractivity contribution in [3.05, 3.63) is 48.5 Å². The van der Waals surface area contributed by atoms with Gasteiger partial charge in [-0.1, -0.05) is 18.2 Å². The van der Waals surface area contributed by atoms with Crippen LogP contribution >= 0.6 is 0 Å². The molecule has 0 fully saturated rings. The Morgan fingerprint density at radius 1 is 1.11 bits per heavy atom. The first-order chi connectivity index (χ1) is 8.50. The standard InChI is InChI=1S/C14H13O3S/c1-17-13-8-6-11(7-9-13)12-4-3-5-14(10-12)18(2,15)16/h3,5-10H,1-2H3. The van der Waals surface area contributed by atoms with E-state index in [1.807, 2.05) is 24.3 Å². The highest BCUT2D eigenvalue weighted by Crippen LogP contribution is 2.24. The summed E-state index contributed by atoms with van der Waals surface area (Å²) in [6.45, 7) is 0. The minimum absolute atomic E-state index is 0.298. The van der Waals surface area contributed by atoms with Gasteiger partial charge in [0.25, 0.3) is 0 Å². The normalized spacial score (nSPS) is 11.2. The van der Waals surface area contributed by atoms with Crippen molar-refractivity contribution in [3.63, 3.8) is 0 Å². The highest BCUT2D eigenvalue weighted by molar-refractivity contribution is 7.90. The number of ether oxygens (including phenoxy) is 1. The highest BCUT2D eigenvalue weighted by Gasteiger charge is 2.08. The molecule has 2 rings (SSSR count). The van der Waals surface area contributed by atoms with Gasteiger partial charge in [0.05, 0.1) is 12.0 Å². The lowest BCUT2D eigenvalue weighted by Gasteiger charge is -2.05. The smallest absolute Gasteiger partial charge is 0.175 e. The fourth-order valence-corrected chi connectivity index (χ4v) is 2.26. The molecule has 0 heterocycles. The Labute approximate surface area is 107 Å². The summed E-state index contributed by atoms with van der Waals surface area (Å²) in [6, 6.07) is 15.2. The fourth-order valence-electron chi connectivity index (χ4n) is 1.61. The number of rotatable bonds is 3. The van der Waals surface area contributed by atoms with Crippen LogP contribution in [-0.2, 0) is 9.84 Å². The van der Waals surface area contributed by atoms with E-state index in [1.165, 1.54) is 6.26 Å². The molecule has 0 N–H and O–H groups in total. The molecule has 0 aliphatic carbocycles. The van der Waals surface area contributed by atoms with Gasteiger partial charge in [0, 0.05) is 6.26 Å². The number of benzene rings is 2. The summed E-state index contributed by atoms with van der Waals surface area (Å²) in [7, 11) is -1.59. The first-order valence-electron chi connectivity index (χ1n) is 5.37. The topological polar surface area (TPSA) is 43.4 Å². The third-order valence-electron chi connectivity index (χ3n) is 2.60. The Hall–Kier alpha value is -1.81. The summed E-state index contributed by atoms with van der Waals surface area (Å²) in [5, 5.41) is 0. The van der Waals surface area contributed by atoms with Crippen LogP contribution in [-0.4, -0.2) is 21.8 Å². The number of hydrogen-bond donors (Lipinski definition) is 0. The maximum Gasteiger partial charge on any atom is 0.175 e. The van der Waals surface area contributed by atoms with Crippen LogP contribution in [0, 0.1) is 6.07 Å². The van der Waals surface area contributed by atoms with E-state index in [0.717, 1.165) is 16.9 Å². The monoisotopic (exact) mass is 261 g/mol. The van der Waals surface area contributed by atoms with Crippen LogP contribution in [0.1, 0.15) is 0 Å². The Morgan fingerprint density at radius 2 is 1.78 bits per heavy atom. The van der Waals surface area contributed by atoms with E-state index >= 15 is 0 Å².